The van der Waals surface area contributed by atoms with Gasteiger partial charge in [-0.2, -0.15) is 0 Å². The second kappa shape index (κ2) is 10.3. The second-order valence-electron chi connectivity index (χ2n) is 6.63. The third-order valence-electron chi connectivity index (χ3n) is 4.66. The van der Waals surface area contributed by atoms with Gasteiger partial charge in [0.2, 0.25) is 0 Å². The summed E-state index contributed by atoms with van der Waals surface area (Å²) in [5.74, 6) is 2.02. The summed E-state index contributed by atoms with van der Waals surface area (Å²) < 4.78 is 0. The van der Waals surface area contributed by atoms with Crippen LogP contribution in [0.3, 0.4) is 0 Å². The Hall–Kier alpha value is -2.09. The van der Waals surface area contributed by atoms with Gasteiger partial charge >= 0.3 is 0 Å². The van der Waals surface area contributed by atoms with Gasteiger partial charge < -0.3 is 16.0 Å². The highest BCUT2D eigenvalue weighted by atomic mass is 127. The van der Waals surface area contributed by atoms with Gasteiger partial charge in [-0.15, -0.1) is 24.0 Å². The Morgan fingerprint density at radius 2 is 1.93 bits per heavy atom. The van der Waals surface area contributed by atoms with Gasteiger partial charge in [0.05, 0.1) is 11.0 Å². The molecule has 0 saturated carbocycles. The minimum absolute atomic E-state index is 0. The van der Waals surface area contributed by atoms with Gasteiger partial charge in [0.1, 0.15) is 5.82 Å². The molecule has 0 aliphatic carbocycles. The molecule has 0 bridgehead atoms. The SMILES string of the molecule is CCC(C)c1ccc(NC(N)=NCCCc2nc3ccccc3[nH]2)cc1.I. The van der Waals surface area contributed by atoms with Crippen LogP contribution in [0.4, 0.5) is 5.69 Å². The number of hydrogen-bond donors (Lipinski definition) is 3. The van der Waals surface area contributed by atoms with Gasteiger partial charge in [0.25, 0.3) is 0 Å². The van der Waals surface area contributed by atoms with Gasteiger partial charge in [-0.05, 0) is 48.6 Å². The smallest absolute Gasteiger partial charge is 0.193 e. The van der Waals surface area contributed by atoms with Crippen LogP contribution in [-0.2, 0) is 6.42 Å². The Balaban J connectivity index is 0.00000261. The monoisotopic (exact) mass is 477 g/mol. The summed E-state index contributed by atoms with van der Waals surface area (Å²) in [6, 6.07) is 16.5. The molecule has 0 amide bonds. The van der Waals surface area contributed by atoms with Crippen LogP contribution in [0.15, 0.2) is 53.5 Å². The largest absolute Gasteiger partial charge is 0.370 e. The highest BCUT2D eigenvalue weighted by Crippen LogP contribution is 2.20. The highest BCUT2D eigenvalue weighted by Gasteiger charge is 2.03. The zero-order valence-corrected chi connectivity index (χ0v) is 18.2. The molecule has 0 aliphatic rings. The molecule has 3 rings (SSSR count). The van der Waals surface area contributed by atoms with E-state index >= 15 is 0 Å². The van der Waals surface area contributed by atoms with Crippen LogP contribution < -0.4 is 11.1 Å². The number of aromatic amines is 1. The van der Waals surface area contributed by atoms with Gasteiger partial charge in [-0.3, -0.25) is 4.99 Å². The maximum atomic E-state index is 5.99. The number of nitrogens with one attached hydrogen (secondary N) is 2. The molecule has 0 radical (unpaired) electrons. The fraction of sp³-hybridized carbons (Fsp3) is 0.333. The first-order valence-electron chi connectivity index (χ1n) is 9.26. The number of fused-ring (bicyclic) bond motifs is 1. The van der Waals surface area contributed by atoms with Crippen molar-refractivity contribution in [1.82, 2.24) is 9.97 Å². The maximum absolute atomic E-state index is 5.99. The molecule has 27 heavy (non-hydrogen) atoms. The summed E-state index contributed by atoms with van der Waals surface area (Å²) in [4.78, 5) is 12.3. The van der Waals surface area contributed by atoms with Crippen molar-refractivity contribution < 1.29 is 0 Å². The normalized spacial score (nSPS) is 12.6. The Kier molecular flexibility index (Phi) is 8.09. The van der Waals surface area contributed by atoms with Crippen molar-refractivity contribution in [2.75, 3.05) is 11.9 Å². The molecule has 1 heterocycles. The fourth-order valence-corrected chi connectivity index (χ4v) is 2.89. The predicted molar refractivity (Wildman–Crippen MR) is 125 cm³/mol. The zero-order valence-electron chi connectivity index (χ0n) is 15.9. The van der Waals surface area contributed by atoms with Crippen LogP contribution in [0, 0.1) is 0 Å². The molecular formula is C21H28IN5. The summed E-state index contributed by atoms with van der Waals surface area (Å²) in [7, 11) is 0. The van der Waals surface area contributed by atoms with Crippen molar-refractivity contribution in [3.05, 3.63) is 59.9 Å². The number of halogens is 1. The standard InChI is InChI=1S/C21H27N5.HI/c1-3-15(2)16-10-12-17(13-11-16)24-21(22)23-14-6-9-20-25-18-7-4-5-8-19(18)26-20;/h4-5,7-8,10-13,15H,3,6,9,14H2,1-2H3,(H,25,26)(H3,22,23,24);1H. The van der Waals surface area contributed by atoms with Gasteiger partial charge in [-0.1, -0.05) is 38.1 Å². The lowest BCUT2D eigenvalue weighted by atomic mass is 9.99. The number of rotatable bonds is 7. The lowest BCUT2D eigenvalue weighted by molar-refractivity contribution is 0.734. The summed E-state index contributed by atoms with van der Waals surface area (Å²) in [5, 5.41) is 3.15. The lowest BCUT2D eigenvalue weighted by Crippen LogP contribution is -2.22. The molecule has 1 atom stereocenters. The van der Waals surface area contributed by atoms with E-state index in [-0.39, 0.29) is 24.0 Å². The lowest BCUT2D eigenvalue weighted by Gasteiger charge is -2.10. The third-order valence-corrected chi connectivity index (χ3v) is 4.66. The highest BCUT2D eigenvalue weighted by molar-refractivity contribution is 14.0. The molecule has 4 N–H and O–H groups in total. The van der Waals surface area contributed by atoms with E-state index in [9.17, 15) is 0 Å². The fourth-order valence-electron chi connectivity index (χ4n) is 2.89. The van der Waals surface area contributed by atoms with Crippen LogP contribution >= 0.6 is 24.0 Å². The number of nitrogens with two attached hydrogens (primary N) is 1. The van der Waals surface area contributed by atoms with Crippen molar-refractivity contribution in [3.63, 3.8) is 0 Å². The molecule has 0 spiro atoms. The quantitative estimate of drug-likeness (QED) is 0.193. The number of guanidine groups is 1. The van der Waals surface area contributed by atoms with Crippen molar-refractivity contribution in [1.29, 1.82) is 0 Å². The van der Waals surface area contributed by atoms with Crippen molar-refractivity contribution in [2.24, 2.45) is 10.7 Å². The molecule has 0 fully saturated rings. The van der Waals surface area contributed by atoms with Gasteiger partial charge in [0.15, 0.2) is 5.96 Å². The molecule has 0 aliphatic heterocycles. The van der Waals surface area contributed by atoms with E-state index in [2.05, 4.69) is 58.4 Å². The zero-order chi connectivity index (χ0) is 18.4. The molecular weight excluding hydrogens is 449 g/mol. The van der Waals surface area contributed by atoms with Gasteiger partial charge in [-0.25, -0.2) is 4.98 Å². The van der Waals surface area contributed by atoms with Gasteiger partial charge in [0, 0.05) is 18.7 Å². The second-order valence-corrected chi connectivity index (χ2v) is 6.63. The number of H-pyrrole nitrogens is 1. The molecule has 5 nitrogen and oxygen atoms in total. The van der Waals surface area contributed by atoms with E-state index in [0.717, 1.165) is 41.8 Å². The van der Waals surface area contributed by atoms with Crippen molar-refractivity contribution in [3.8, 4) is 0 Å². The number of aryl methyl sites for hydroxylation is 1. The summed E-state index contributed by atoms with van der Waals surface area (Å²) in [5.41, 5.74) is 10.4. The number of aliphatic imine (C=N–C) groups is 1. The first-order valence-corrected chi connectivity index (χ1v) is 9.26. The average molecular weight is 477 g/mol. The van der Waals surface area contributed by atoms with Crippen LogP contribution in [0.1, 0.15) is 44.0 Å². The predicted octanol–water partition coefficient (Wildman–Crippen LogP) is 5.05. The first-order chi connectivity index (χ1) is 12.7. The van der Waals surface area contributed by atoms with Crippen molar-refractivity contribution >= 4 is 46.7 Å². The molecule has 3 aromatic rings. The van der Waals surface area contributed by atoms with Crippen LogP contribution in [0.5, 0.6) is 0 Å². The average Bonchev–Trinajstić information content (AvgIpc) is 3.08. The number of imidazole rings is 1. The number of benzene rings is 2. The third kappa shape index (κ3) is 5.95. The molecule has 1 unspecified atom stereocenters. The van der Waals surface area contributed by atoms with E-state index in [1.165, 1.54) is 5.56 Å². The van der Waals surface area contributed by atoms with Crippen molar-refractivity contribution in [2.45, 2.75) is 39.0 Å². The minimum atomic E-state index is 0. The van der Waals surface area contributed by atoms with E-state index in [0.29, 0.717) is 18.4 Å². The van der Waals surface area contributed by atoms with Crippen LogP contribution in [0.2, 0.25) is 0 Å². The Labute approximate surface area is 177 Å². The maximum Gasteiger partial charge on any atom is 0.193 e. The van der Waals surface area contributed by atoms with E-state index in [1.54, 1.807) is 0 Å². The number of anilines is 1. The molecule has 0 saturated heterocycles. The number of aromatic nitrogens is 2. The summed E-state index contributed by atoms with van der Waals surface area (Å²) in [6.07, 6.45) is 2.89. The molecule has 1 aromatic heterocycles. The number of hydrogen-bond acceptors (Lipinski definition) is 2. The minimum Gasteiger partial charge on any atom is -0.370 e. The first kappa shape index (κ1) is 21.2. The van der Waals surface area contributed by atoms with E-state index in [1.807, 2.05) is 24.3 Å². The number of nitrogens with zero attached hydrogens (tertiary/aromatic N) is 2. The molecule has 2 aromatic carbocycles. The Bertz CT molecular complexity index is 837. The van der Waals surface area contributed by atoms with E-state index in [4.69, 9.17) is 5.73 Å². The summed E-state index contributed by atoms with van der Waals surface area (Å²) in [6.45, 7) is 5.11. The topological polar surface area (TPSA) is 79.1 Å². The van der Waals surface area contributed by atoms with E-state index < -0.39 is 0 Å². The van der Waals surface area contributed by atoms with Crippen LogP contribution in [-0.4, -0.2) is 22.5 Å². The molecule has 6 heteroatoms. The number of para-hydroxylation sites is 2. The molecule has 144 valence electrons. The Morgan fingerprint density at radius 1 is 1.19 bits per heavy atom. The summed E-state index contributed by atoms with van der Waals surface area (Å²) >= 11 is 0. The van der Waals surface area contributed by atoms with Crippen LogP contribution in [0.25, 0.3) is 11.0 Å². The Morgan fingerprint density at radius 3 is 2.63 bits per heavy atom.